The number of rotatable bonds is 13. The van der Waals surface area contributed by atoms with E-state index in [1.807, 2.05) is 6.92 Å². The van der Waals surface area contributed by atoms with E-state index in [0.717, 1.165) is 0 Å². The van der Waals surface area contributed by atoms with Gasteiger partial charge in [-0.1, -0.05) is 32.9 Å². The van der Waals surface area contributed by atoms with Gasteiger partial charge in [0.2, 0.25) is 5.94 Å². The highest BCUT2D eigenvalue weighted by atomic mass is 32.2. The number of hydrogen-bond acceptors (Lipinski definition) is 10. The predicted octanol–water partition coefficient (Wildman–Crippen LogP) is 1.12. The van der Waals surface area contributed by atoms with Crippen LogP contribution in [-0.4, -0.2) is 45.5 Å². The molecule has 11 heteroatoms. The highest BCUT2D eigenvalue weighted by Gasteiger charge is 2.43. The molecule has 0 saturated carbocycles. The van der Waals surface area contributed by atoms with E-state index in [-0.39, 0.29) is 17.6 Å². The molecule has 0 aromatic rings. The molecule has 0 aromatic heterocycles. The number of ether oxygens (including phenoxy) is 3. The molecule has 0 radical (unpaired) electrons. The zero-order valence-corrected chi connectivity index (χ0v) is 17.1. The van der Waals surface area contributed by atoms with Crippen molar-refractivity contribution in [3.63, 3.8) is 0 Å². The molecule has 0 aromatic carbocycles. The van der Waals surface area contributed by atoms with E-state index in [2.05, 4.69) is 23.3 Å². The second-order valence-corrected chi connectivity index (χ2v) is 7.84. The zero-order chi connectivity index (χ0) is 22.0. The van der Waals surface area contributed by atoms with Crippen molar-refractivity contribution >= 4 is 28.0 Å². The Morgan fingerprint density at radius 1 is 0.964 bits per heavy atom. The van der Waals surface area contributed by atoms with Crippen molar-refractivity contribution in [1.29, 1.82) is 0 Å². The number of carbonyl (C=O) groups excluding carboxylic acids is 3. The molecule has 2 N–H and O–H groups in total. The summed E-state index contributed by atoms with van der Waals surface area (Å²) in [5, 5.41) is 0. The van der Waals surface area contributed by atoms with Gasteiger partial charge in [0.25, 0.3) is 0 Å². The molecule has 160 valence electrons. The Kier molecular flexibility index (Phi) is 10.6. The summed E-state index contributed by atoms with van der Waals surface area (Å²) < 4.78 is 41.4. The fourth-order valence-electron chi connectivity index (χ4n) is 1.88. The Balaban J connectivity index is 5.67. The molecule has 0 unspecified atom stereocenters. The normalized spacial score (nSPS) is 11.4. The summed E-state index contributed by atoms with van der Waals surface area (Å²) in [6.45, 7) is 10.6. The first-order valence-corrected chi connectivity index (χ1v) is 9.92. The van der Waals surface area contributed by atoms with Gasteiger partial charge in [0.1, 0.15) is 18.6 Å². The van der Waals surface area contributed by atoms with Gasteiger partial charge in [-0.25, -0.2) is 9.59 Å². The highest BCUT2D eigenvalue weighted by Crippen LogP contribution is 2.29. The van der Waals surface area contributed by atoms with Gasteiger partial charge in [0, 0.05) is 11.1 Å². The van der Waals surface area contributed by atoms with Gasteiger partial charge in [-0.3, -0.25) is 4.79 Å². The van der Waals surface area contributed by atoms with Crippen LogP contribution in [0.2, 0.25) is 0 Å². The maximum atomic E-state index is 12.7. The Morgan fingerprint density at radius 3 is 1.79 bits per heavy atom. The SMILES string of the molecule is C=C(C)C(=O)OCC(CCCC)(COC(=O)C(=C)C)C(=O)OCS(=O)(=O)ON. The lowest BCUT2D eigenvalue weighted by atomic mass is 9.84. The Morgan fingerprint density at radius 2 is 1.43 bits per heavy atom. The van der Waals surface area contributed by atoms with Crippen molar-refractivity contribution in [2.24, 2.45) is 11.3 Å². The second kappa shape index (κ2) is 11.6. The maximum Gasteiger partial charge on any atom is 0.333 e. The fraction of sp³-hybridized carbons (Fsp3) is 0.588. The van der Waals surface area contributed by atoms with Gasteiger partial charge in [-0.15, -0.1) is 0 Å². The number of nitrogens with two attached hydrogens (primary N) is 1. The van der Waals surface area contributed by atoms with Gasteiger partial charge in [0.05, 0.1) is 0 Å². The topological polar surface area (TPSA) is 148 Å². The third kappa shape index (κ3) is 8.63. The minimum atomic E-state index is -4.29. The molecule has 0 aliphatic carbocycles. The number of hydrogen-bond donors (Lipinski definition) is 1. The van der Waals surface area contributed by atoms with Crippen LogP contribution in [0.3, 0.4) is 0 Å². The van der Waals surface area contributed by atoms with E-state index in [1.165, 1.54) is 13.8 Å². The van der Waals surface area contributed by atoms with E-state index in [1.54, 1.807) is 0 Å². The molecule has 0 atom stereocenters. The van der Waals surface area contributed by atoms with Gasteiger partial charge in [-0.2, -0.15) is 18.6 Å². The van der Waals surface area contributed by atoms with Crippen molar-refractivity contribution in [1.82, 2.24) is 0 Å². The van der Waals surface area contributed by atoms with Gasteiger partial charge < -0.3 is 14.2 Å². The first-order chi connectivity index (χ1) is 12.9. The Bertz CT molecular complexity index is 682. The van der Waals surface area contributed by atoms with Crippen LogP contribution in [0.1, 0.15) is 40.0 Å². The molecule has 28 heavy (non-hydrogen) atoms. The number of esters is 3. The minimum absolute atomic E-state index is 0.0933. The lowest BCUT2D eigenvalue weighted by molar-refractivity contribution is -0.169. The van der Waals surface area contributed by atoms with Crippen molar-refractivity contribution in [3.8, 4) is 0 Å². The lowest BCUT2D eigenvalue weighted by Gasteiger charge is -2.30. The van der Waals surface area contributed by atoms with Crippen molar-refractivity contribution in [3.05, 3.63) is 24.3 Å². The molecule has 0 saturated heterocycles. The van der Waals surface area contributed by atoms with Crippen molar-refractivity contribution < 1.29 is 41.3 Å². The van der Waals surface area contributed by atoms with E-state index in [0.29, 0.717) is 12.8 Å². The first kappa shape index (κ1) is 25.8. The summed E-state index contributed by atoms with van der Waals surface area (Å²) in [5.74, 6) is 0.872. The molecular formula is C17H27NO9S. The summed E-state index contributed by atoms with van der Waals surface area (Å²) in [4.78, 5) is 36.2. The van der Waals surface area contributed by atoms with E-state index < -0.39 is 52.6 Å². The van der Waals surface area contributed by atoms with Gasteiger partial charge >= 0.3 is 28.0 Å². The predicted molar refractivity (Wildman–Crippen MR) is 98.7 cm³/mol. The molecule has 0 heterocycles. The van der Waals surface area contributed by atoms with Crippen molar-refractivity contribution in [2.45, 2.75) is 40.0 Å². The standard InChI is InChI=1S/C17H27NO9S/c1-6-7-8-17(9-24-14(19)12(2)3,10-25-15(20)13(4)5)16(21)26-11-28(22,23)27-18/h2,4,6-11,18H2,1,3,5H3. The van der Waals surface area contributed by atoms with Gasteiger partial charge in [0.15, 0.2) is 0 Å². The smallest absolute Gasteiger partial charge is 0.333 e. The third-order valence-electron chi connectivity index (χ3n) is 3.58. The fourth-order valence-corrected chi connectivity index (χ4v) is 2.19. The highest BCUT2D eigenvalue weighted by molar-refractivity contribution is 7.86. The molecular weight excluding hydrogens is 394 g/mol. The molecule has 10 nitrogen and oxygen atoms in total. The van der Waals surface area contributed by atoms with Crippen LogP contribution >= 0.6 is 0 Å². The van der Waals surface area contributed by atoms with Crippen LogP contribution in [0, 0.1) is 5.41 Å². The van der Waals surface area contributed by atoms with Crippen LogP contribution in [0.4, 0.5) is 0 Å². The second-order valence-electron chi connectivity index (χ2n) is 6.30. The minimum Gasteiger partial charge on any atom is -0.461 e. The van der Waals surface area contributed by atoms with E-state index in [4.69, 9.17) is 14.2 Å². The van der Waals surface area contributed by atoms with Crippen LogP contribution in [0.25, 0.3) is 0 Å². The monoisotopic (exact) mass is 421 g/mol. The Hall–Kier alpha value is -2.24. The quantitative estimate of drug-likeness (QED) is 0.198. The van der Waals surface area contributed by atoms with Crippen LogP contribution < -0.4 is 5.90 Å². The lowest BCUT2D eigenvalue weighted by Crippen LogP contribution is -2.44. The number of carbonyl (C=O) groups is 3. The van der Waals surface area contributed by atoms with Crippen LogP contribution in [0.5, 0.6) is 0 Å². The van der Waals surface area contributed by atoms with Crippen LogP contribution in [-0.2, 0) is 43.0 Å². The maximum absolute atomic E-state index is 12.7. The van der Waals surface area contributed by atoms with E-state index >= 15 is 0 Å². The average molecular weight is 421 g/mol. The Labute approximate surface area is 164 Å². The van der Waals surface area contributed by atoms with Crippen molar-refractivity contribution in [2.75, 3.05) is 19.2 Å². The molecule has 0 aliphatic heterocycles. The summed E-state index contributed by atoms with van der Waals surface area (Å²) in [7, 11) is -4.29. The van der Waals surface area contributed by atoms with Crippen LogP contribution in [0.15, 0.2) is 24.3 Å². The summed E-state index contributed by atoms with van der Waals surface area (Å²) >= 11 is 0. The molecule has 0 amide bonds. The third-order valence-corrected chi connectivity index (χ3v) is 4.28. The molecule has 0 aliphatic rings. The zero-order valence-electron chi connectivity index (χ0n) is 16.3. The average Bonchev–Trinajstić information content (AvgIpc) is 2.64. The summed E-state index contributed by atoms with van der Waals surface area (Å²) in [6, 6.07) is 0. The largest absolute Gasteiger partial charge is 0.461 e. The summed E-state index contributed by atoms with van der Waals surface area (Å²) in [6.07, 6.45) is 1.23. The summed E-state index contributed by atoms with van der Waals surface area (Å²) in [5.41, 5.74) is -1.44. The molecule has 0 fully saturated rings. The molecule has 0 spiro atoms. The van der Waals surface area contributed by atoms with E-state index in [9.17, 15) is 22.8 Å². The molecule has 0 rings (SSSR count). The number of unbranched alkanes of at least 4 members (excludes halogenated alkanes) is 1. The van der Waals surface area contributed by atoms with Gasteiger partial charge in [-0.05, 0) is 20.3 Å². The molecule has 0 bridgehead atoms. The first-order valence-electron chi connectivity index (χ1n) is 8.34.